The molecule has 3 aromatic carbocycles. The van der Waals surface area contributed by atoms with Gasteiger partial charge in [-0.05, 0) is 40.1 Å². The molecule has 0 saturated heterocycles. The molecule has 2 aromatic heterocycles. The summed E-state index contributed by atoms with van der Waals surface area (Å²) in [7, 11) is 0. The molecule has 0 radical (unpaired) electrons. The Labute approximate surface area is 184 Å². The molecule has 5 aromatic rings. The first-order chi connectivity index (χ1) is 15.7. The number of carbonyl (C=O) groups is 1. The minimum atomic E-state index is -0.300. The van der Waals surface area contributed by atoms with Crippen LogP contribution in [0.3, 0.4) is 0 Å². The molecule has 0 fully saturated rings. The molecule has 0 saturated carbocycles. The molecule has 5 rings (SSSR count). The second-order valence-corrected chi connectivity index (χ2v) is 7.42. The van der Waals surface area contributed by atoms with Crippen molar-refractivity contribution in [3.8, 4) is 11.1 Å². The summed E-state index contributed by atoms with van der Waals surface area (Å²) in [4.78, 5) is 17.4. The fourth-order valence-electron chi connectivity index (χ4n) is 3.76. The third-order valence-corrected chi connectivity index (χ3v) is 5.38. The number of nitrogens with zero attached hydrogens (tertiary/aromatic N) is 5. The molecule has 0 aliphatic heterocycles. The first-order valence-electron chi connectivity index (χ1n) is 10.4. The van der Waals surface area contributed by atoms with E-state index in [4.69, 9.17) is 4.98 Å². The van der Waals surface area contributed by atoms with E-state index in [1.807, 2.05) is 30.3 Å². The number of rotatable bonds is 6. The number of hydrogen-bond acceptors (Lipinski definition) is 5. The van der Waals surface area contributed by atoms with Gasteiger partial charge in [0.2, 0.25) is 0 Å². The fourth-order valence-corrected chi connectivity index (χ4v) is 3.76. The average molecular weight is 423 g/mol. The topological polar surface area (TPSA) is 101 Å². The Hall–Kier alpha value is -4.33. The molecular weight excluding hydrogens is 402 g/mol. The molecule has 8 heteroatoms. The van der Waals surface area contributed by atoms with E-state index in [0.717, 1.165) is 23.3 Å². The van der Waals surface area contributed by atoms with Crippen molar-refractivity contribution in [3.63, 3.8) is 0 Å². The van der Waals surface area contributed by atoms with Gasteiger partial charge in [0.1, 0.15) is 5.82 Å². The SMILES string of the molecule is CCc1nc2ccc(C(=O)Nc3nn[nH]n3)cc2n1Cc1ccc(-c2ccccc2)cc1. The van der Waals surface area contributed by atoms with Crippen molar-refractivity contribution in [3.05, 3.63) is 89.7 Å². The van der Waals surface area contributed by atoms with E-state index in [0.29, 0.717) is 12.1 Å². The third kappa shape index (κ3) is 3.85. The van der Waals surface area contributed by atoms with E-state index in [1.54, 1.807) is 6.07 Å². The molecule has 0 aliphatic carbocycles. The number of fused-ring (bicyclic) bond motifs is 1. The van der Waals surface area contributed by atoms with Gasteiger partial charge in [0.25, 0.3) is 11.9 Å². The third-order valence-electron chi connectivity index (χ3n) is 5.38. The van der Waals surface area contributed by atoms with Gasteiger partial charge in [-0.2, -0.15) is 5.21 Å². The van der Waals surface area contributed by atoms with Crippen LogP contribution in [0, 0.1) is 0 Å². The molecule has 2 N–H and O–H groups in total. The Morgan fingerprint density at radius 3 is 2.50 bits per heavy atom. The molecule has 158 valence electrons. The lowest BCUT2D eigenvalue weighted by molar-refractivity contribution is 0.102. The van der Waals surface area contributed by atoms with Crippen molar-refractivity contribution >= 4 is 22.9 Å². The van der Waals surface area contributed by atoms with Crippen molar-refractivity contribution in [2.75, 3.05) is 5.32 Å². The molecule has 1 amide bonds. The first-order valence-corrected chi connectivity index (χ1v) is 10.4. The van der Waals surface area contributed by atoms with Crippen LogP contribution in [0.25, 0.3) is 22.2 Å². The van der Waals surface area contributed by atoms with Gasteiger partial charge in [-0.25, -0.2) is 4.98 Å². The maximum absolute atomic E-state index is 12.6. The van der Waals surface area contributed by atoms with Gasteiger partial charge in [-0.15, -0.1) is 5.10 Å². The maximum atomic E-state index is 12.6. The van der Waals surface area contributed by atoms with Crippen LogP contribution < -0.4 is 5.32 Å². The fraction of sp³-hybridized carbons (Fsp3) is 0.125. The van der Waals surface area contributed by atoms with Crippen LogP contribution in [-0.4, -0.2) is 36.1 Å². The summed E-state index contributed by atoms with van der Waals surface area (Å²) in [6.45, 7) is 2.75. The monoisotopic (exact) mass is 423 g/mol. The van der Waals surface area contributed by atoms with Gasteiger partial charge >= 0.3 is 0 Å². The highest BCUT2D eigenvalue weighted by molar-refractivity contribution is 6.05. The van der Waals surface area contributed by atoms with E-state index in [2.05, 4.69) is 73.8 Å². The summed E-state index contributed by atoms with van der Waals surface area (Å²) in [5.74, 6) is 0.811. The van der Waals surface area contributed by atoms with Crippen LogP contribution >= 0.6 is 0 Å². The summed E-state index contributed by atoms with van der Waals surface area (Å²) in [6, 6.07) is 24.3. The van der Waals surface area contributed by atoms with Crippen molar-refractivity contribution in [1.82, 2.24) is 30.2 Å². The van der Waals surface area contributed by atoms with Gasteiger partial charge in [0, 0.05) is 18.5 Å². The van der Waals surface area contributed by atoms with E-state index >= 15 is 0 Å². The predicted molar refractivity (Wildman–Crippen MR) is 122 cm³/mol. The highest BCUT2D eigenvalue weighted by Gasteiger charge is 2.14. The summed E-state index contributed by atoms with van der Waals surface area (Å²) >= 11 is 0. The zero-order valence-electron chi connectivity index (χ0n) is 17.5. The molecule has 2 heterocycles. The number of anilines is 1. The number of hydrogen-bond donors (Lipinski definition) is 2. The zero-order chi connectivity index (χ0) is 21.9. The predicted octanol–water partition coefficient (Wildman–Crippen LogP) is 4.08. The van der Waals surface area contributed by atoms with E-state index < -0.39 is 0 Å². The number of amides is 1. The lowest BCUT2D eigenvalue weighted by atomic mass is 10.0. The van der Waals surface area contributed by atoms with Gasteiger partial charge in [0.05, 0.1) is 11.0 Å². The second kappa shape index (κ2) is 8.43. The Bertz CT molecular complexity index is 1360. The smallest absolute Gasteiger partial charge is 0.270 e. The summed E-state index contributed by atoms with van der Waals surface area (Å²) in [5.41, 5.74) is 5.82. The van der Waals surface area contributed by atoms with Gasteiger partial charge in [-0.1, -0.05) is 66.6 Å². The number of nitrogens with one attached hydrogen (secondary N) is 2. The molecule has 0 spiro atoms. The number of aryl methyl sites for hydroxylation is 1. The highest BCUT2D eigenvalue weighted by Crippen LogP contribution is 2.23. The Kier molecular flexibility index (Phi) is 5.17. The van der Waals surface area contributed by atoms with Crippen LogP contribution in [0.15, 0.2) is 72.8 Å². The zero-order valence-corrected chi connectivity index (χ0v) is 17.5. The number of aromatic amines is 1. The van der Waals surface area contributed by atoms with E-state index in [1.165, 1.54) is 16.7 Å². The number of tetrazole rings is 1. The Morgan fingerprint density at radius 1 is 1.00 bits per heavy atom. The minimum Gasteiger partial charge on any atom is -0.323 e. The maximum Gasteiger partial charge on any atom is 0.270 e. The van der Waals surface area contributed by atoms with Crippen molar-refractivity contribution in [2.45, 2.75) is 19.9 Å². The highest BCUT2D eigenvalue weighted by atomic mass is 16.1. The second-order valence-electron chi connectivity index (χ2n) is 7.42. The number of carbonyl (C=O) groups excluding carboxylic acids is 1. The summed E-state index contributed by atoms with van der Waals surface area (Å²) < 4.78 is 2.16. The molecular formula is C24H21N7O. The number of benzene rings is 3. The number of aromatic nitrogens is 6. The lowest BCUT2D eigenvalue weighted by Gasteiger charge is -2.10. The number of imidazole rings is 1. The van der Waals surface area contributed by atoms with Gasteiger partial charge in [-0.3, -0.25) is 10.1 Å². The first kappa shape index (κ1) is 19.6. The minimum absolute atomic E-state index is 0.136. The summed E-state index contributed by atoms with van der Waals surface area (Å²) in [5, 5.41) is 15.9. The standard InChI is InChI=1S/C24H21N7O/c1-2-22-25-20-13-12-19(23(32)26-24-27-29-30-28-24)14-21(20)31(22)15-16-8-10-18(11-9-16)17-6-4-3-5-7-17/h3-14H,2,15H2,1H3,(H2,26,27,28,29,30,32). The van der Waals surface area contributed by atoms with Gasteiger partial charge < -0.3 is 4.57 Å². The summed E-state index contributed by atoms with van der Waals surface area (Å²) in [6.07, 6.45) is 0.793. The quantitative estimate of drug-likeness (QED) is 0.429. The molecule has 8 nitrogen and oxygen atoms in total. The van der Waals surface area contributed by atoms with E-state index in [9.17, 15) is 4.79 Å². The molecule has 32 heavy (non-hydrogen) atoms. The van der Waals surface area contributed by atoms with Crippen LogP contribution in [0.4, 0.5) is 5.95 Å². The van der Waals surface area contributed by atoms with Crippen molar-refractivity contribution < 1.29 is 4.79 Å². The molecule has 0 unspecified atom stereocenters. The molecule has 0 aliphatic rings. The van der Waals surface area contributed by atoms with Crippen LogP contribution in [-0.2, 0) is 13.0 Å². The largest absolute Gasteiger partial charge is 0.323 e. The molecule has 0 atom stereocenters. The van der Waals surface area contributed by atoms with Gasteiger partial charge in [0.15, 0.2) is 0 Å². The van der Waals surface area contributed by atoms with Crippen molar-refractivity contribution in [2.24, 2.45) is 0 Å². The van der Waals surface area contributed by atoms with Crippen LogP contribution in [0.2, 0.25) is 0 Å². The molecule has 0 bridgehead atoms. The number of H-pyrrole nitrogens is 1. The normalized spacial score (nSPS) is 11.0. The lowest BCUT2D eigenvalue weighted by Crippen LogP contribution is -2.13. The van der Waals surface area contributed by atoms with E-state index in [-0.39, 0.29) is 11.9 Å². The van der Waals surface area contributed by atoms with Crippen LogP contribution in [0.5, 0.6) is 0 Å². The van der Waals surface area contributed by atoms with Crippen LogP contribution in [0.1, 0.15) is 28.7 Å². The van der Waals surface area contributed by atoms with Crippen molar-refractivity contribution in [1.29, 1.82) is 0 Å². The Balaban J connectivity index is 1.45. The Morgan fingerprint density at radius 2 is 1.78 bits per heavy atom. The average Bonchev–Trinajstić information content (AvgIpc) is 3.47.